The van der Waals surface area contributed by atoms with Gasteiger partial charge in [-0.3, -0.25) is 4.79 Å². The van der Waals surface area contributed by atoms with Crippen molar-refractivity contribution >= 4 is 5.91 Å². The summed E-state index contributed by atoms with van der Waals surface area (Å²) in [5.41, 5.74) is -0.0582. The molecule has 80 valence electrons. The molecule has 1 amide bonds. The first-order valence-electron chi connectivity index (χ1n) is 5.59. The second kappa shape index (κ2) is 3.89. The van der Waals surface area contributed by atoms with E-state index in [4.69, 9.17) is 4.74 Å². The monoisotopic (exact) mass is 197 g/mol. The molecule has 0 N–H and O–H groups in total. The van der Waals surface area contributed by atoms with Crippen molar-refractivity contribution in [1.29, 1.82) is 0 Å². The highest BCUT2D eigenvalue weighted by Crippen LogP contribution is 2.39. The fraction of sp³-hybridized carbons (Fsp3) is 0.909. The highest BCUT2D eigenvalue weighted by molar-refractivity contribution is 5.82. The summed E-state index contributed by atoms with van der Waals surface area (Å²) in [4.78, 5) is 14.2. The lowest BCUT2D eigenvalue weighted by molar-refractivity contribution is -0.145. The minimum absolute atomic E-state index is 0.0582. The van der Waals surface area contributed by atoms with Gasteiger partial charge in [0.1, 0.15) is 0 Å². The minimum atomic E-state index is -0.0582. The van der Waals surface area contributed by atoms with Crippen LogP contribution in [-0.2, 0) is 9.53 Å². The Hall–Kier alpha value is -0.570. The molecule has 0 radical (unpaired) electrons. The van der Waals surface area contributed by atoms with Gasteiger partial charge in [0.2, 0.25) is 5.91 Å². The maximum absolute atomic E-state index is 12.2. The van der Waals surface area contributed by atoms with Crippen LogP contribution in [0.15, 0.2) is 0 Å². The minimum Gasteiger partial charge on any atom is -0.378 e. The average molecular weight is 197 g/mol. The molecule has 0 spiro atoms. The largest absolute Gasteiger partial charge is 0.378 e. The molecule has 0 aromatic rings. The van der Waals surface area contributed by atoms with Crippen molar-refractivity contribution in [3.8, 4) is 0 Å². The van der Waals surface area contributed by atoms with Crippen molar-refractivity contribution in [3.05, 3.63) is 0 Å². The quantitative estimate of drug-likeness (QED) is 0.636. The normalized spacial score (nSPS) is 26.5. The summed E-state index contributed by atoms with van der Waals surface area (Å²) < 4.78 is 5.25. The van der Waals surface area contributed by atoms with Gasteiger partial charge < -0.3 is 9.64 Å². The van der Waals surface area contributed by atoms with Crippen LogP contribution in [0.25, 0.3) is 0 Å². The van der Waals surface area contributed by atoms with Gasteiger partial charge in [0, 0.05) is 18.5 Å². The summed E-state index contributed by atoms with van der Waals surface area (Å²) >= 11 is 0. The van der Waals surface area contributed by atoms with Gasteiger partial charge in [-0.15, -0.1) is 0 Å². The third-order valence-corrected chi connectivity index (χ3v) is 3.52. The van der Waals surface area contributed by atoms with E-state index in [0.29, 0.717) is 19.1 Å². The predicted octanol–water partition coefficient (Wildman–Crippen LogP) is 1.43. The number of amides is 1. The Morgan fingerprint density at radius 3 is 2.36 bits per heavy atom. The van der Waals surface area contributed by atoms with Crippen LogP contribution in [-0.4, -0.2) is 37.1 Å². The lowest BCUT2D eigenvalue weighted by Gasteiger charge is -2.34. The van der Waals surface area contributed by atoms with E-state index in [1.807, 2.05) is 4.90 Å². The Morgan fingerprint density at radius 2 is 1.79 bits per heavy atom. The Labute approximate surface area is 85.4 Å². The van der Waals surface area contributed by atoms with Crippen LogP contribution in [0.3, 0.4) is 0 Å². The molecule has 1 saturated carbocycles. The molecular formula is C11H19NO2. The first-order chi connectivity index (χ1) is 6.72. The van der Waals surface area contributed by atoms with E-state index in [1.54, 1.807) is 0 Å². The zero-order valence-corrected chi connectivity index (χ0v) is 8.92. The Bertz CT molecular complexity index is 215. The summed E-state index contributed by atoms with van der Waals surface area (Å²) in [5, 5.41) is 0. The van der Waals surface area contributed by atoms with E-state index in [9.17, 15) is 4.79 Å². The molecule has 0 unspecified atom stereocenters. The van der Waals surface area contributed by atoms with Crippen LogP contribution >= 0.6 is 0 Å². The highest BCUT2D eigenvalue weighted by Gasteiger charge is 2.39. The van der Waals surface area contributed by atoms with Crippen molar-refractivity contribution in [2.45, 2.75) is 32.6 Å². The van der Waals surface area contributed by atoms with Gasteiger partial charge in [-0.05, 0) is 12.8 Å². The standard InChI is InChI=1S/C11H19NO2/c1-11(4-2-3-5-11)10(13)12-6-8-14-9-7-12/h2-9H2,1H3. The Morgan fingerprint density at radius 1 is 1.21 bits per heavy atom. The first-order valence-corrected chi connectivity index (χ1v) is 5.59. The zero-order chi connectivity index (χ0) is 10.0. The number of carbonyl (C=O) groups excluding carboxylic acids is 1. The van der Waals surface area contributed by atoms with Crippen molar-refractivity contribution in [2.24, 2.45) is 5.41 Å². The fourth-order valence-electron chi connectivity index (χ4n) is 2.52. The molecular weight excluding hydrogens is 178 g/mol. The van der Waals surface area contributed by atoms with Crippen molar-refractivity contribution in [2.75, 3.05) is 26.3 Å². The summed E-state index contributed by atoms with van der Waals surface area (Å²) in [7, 11) is 0. The van der Waals surface area contributed by atoms with Crippen molar-refractivity contribution < 1.29 is 9.53 Å². The molecule has 2 rings (SSSR count). The van der Waals surface area contributed by atoms with Gasteiger partial charge in [0.15, 0.2) is 0 Å². The number of ether oxygens (including phenoxy) is 1. The zero-order valence-electron chi connectivity index (χ0n) is 8.92. The summed E-state index contributed by atoms with van der Waals surface area (Å²) in [6.07, 6.45) is 4.57. The molecule has 1 aliphatic carbocycles. The van der Waals surface area contributed by atoms with E-state index < -0.39 is 0 Å². The molecule has 0 atom stereocenters. The Kier molecular flexibility index (Phi) is 2.77. The average Bonchev–Trinajstić information content (AvgIpc) is 2.67. The summed E-state index contributed by atoms with van der Waals surface area (Å²) in [6, 6.07) is 0. The second-order valence-electron chi connectivity index (χ2n) is 4.67. The van der Waals surface area contributed by atoms with Crippen LogP contribution in [0.4, 0.5) is 0 Å². The second-order valence-corrected chi connectivity index (χ2v) is 4.67. The number of hydrogen-bond acceptors (Lipinski definition) is 2. The first kappa shape index (κ1) is 9.97. The number of rotatable bonds is 1. The van der Waals surface area contributed by atoms with Crippen LogP contribution in [0.2, 0.25) is 0 Å². The third-order valence-electron chi connectivity index (χ3n) is 3.52. The molecule has 2 fully saturated rings. The topological polar surface area (TPSA) is 29.5 Å². The molecule has 1 heterocycles. The number of carbonyl (C=O) groups is 1. The lowest BCUT2D eigenvalue weighted by Crippen LogP contribution is -2.46. The predicted molar refractivity (Wildman–Crippen MR) is 54.0 cm³/mol. The van der Waals surface area contributed by atoms with Gasteiger partial charge in [-0.2, -0.15) is 0 Å². The van der Waals surface area contributed by atoms with Crippen LogP contribution in [0.1, 0.15) is 32.6 Å². The molecule has 2 aliphatic rings. The fourth-order valence-corrected chi connectivity index (χ4v) is 2.52. The summed E-state index contributed by atoms with van der Waals surface area (Å²) in [6.45, 7) is 5.12. The van der Waals surface area contributed by atoms with Gasteiger partial charge in [0.05, 0.1) is 13.2 Å². The molecule has 1 aliphatic heterocycles. The summed E-state index contributed by atoms with van der Waals surface area (Å²) in [5.74, 6) is 0.360. The smallest absolute Gasteiger partial charge is 0.228 e. The third kappa shape index (κ3) is 1.78. The van der Waals surface area contributed by atoms with E-state index in [0.717, 1.165) is 25.9 Å². The number of nitrogens with zero attached hydrogens (tertiary/aromatic N) is 1. The molecule has 1 saturated heterocycles. The molecule has 3 heteroatoms. The Balaban J connectivity index is 1.98. The van der Waals surface area contributed by atoms with E-state index >= 15 is 0 Å². The lowest BCUT2D eigenvalue weighted by atomic mass is 9.87. The van der Waals surface area contributed by atoms with Crippen LogP contribution < -0.4 is 0 Å². The van der Waals surface area contributed by atoms with Crippen LogP contribution in [0, 0.1) is 5.41 Å². The molecule has 0 bridgehead atoms. The van der Waals surface area contributed by atoms with Gasteiger partial charge >= 0.3 is 0 Å². The number of morpholine rings is 1. The van der Waals surface area contributed by atoms with Gasteiger partial charge in [-0.1, -0.05) is 19.8 Å². The molecule has 14 heavy (non-hydrogen) atoms. The SMILES string of the molecule is CC1(C(=O)N2CCOCC2)CCCC1. The molecule has 3 nitrogen and oxygen atoms in total. The van der Waals surface area contributed by atoms with Crippen molar-refractivity contribution in [1.82, 2.24) is 4.90 Å². The van der Waals surface area contributed by atoms with Gasteiger partial charge in [0.25, 0.3) is 0 Å². The number of hydrogen-bond donors (Lipinski definition) is 0. The highest BCUT2D eigenvalue weighted by atomic mass is 16.5. The van der Waals surface area contributed by atoms with Gasteiger partial charge in [-0.25, -0.2) is 0 Å². The maximum atomic E-state index is 12.2. The van der Waals surface area contributed by atoms with Crippen molar-refractivity contribution in [3.63, 3.8) is 0 Å². The maximum Gasteiger partial charge on any atom is 0.228 e. The van der Waals surface area contributed by atoms with E-state index in [-0.39, 0.29) is 5.41 Å². The molecule has 0 aromatic carbocycles. The van der Waals surface area contributed by atoms with Crippen LogP contribution in [0.5, 0.6) is 0 Å². The van der Waals surface area contributed by atoms with E-state index in [2.05, 4.69) is 6.92 Å². The van der Waals surface area contributed by atoms with E-state index in [1.165, 1.54) is 12.8 Å². The molecule has 0 aromatic heterocycles.